The summed E-state index contributed by atoms with van der Waals surface area (Å²) in [6, 6.07) is 11.8. The highest BCUT2D eigenvalue weighted by molar-refractivity contribution is 6.30. The SMILES string of the molecule is COc1ccc([N+](=O)[O-])c(NC(C)c2cccc(Cl)c2)c1. The van der Waals surface area contributed by atoms with Crippen LogP contribution in [0.3, 0.4) is 0 Å². The van der Waals surface area contributed by atoms with Gasteiger partial charge in [0, 0.05) is 23.2 Å². The quantitative estimate of drug-likeness (QED) is 0.655. The monoisotopic (exact) mass is 306 g/mol. The molecule has 0 saturated carbocycles. The lowest BCUT2D eigenvalue weighted by atomic mass is 10.1. The summed E-state index contributed by atoms with van der Waals surface area (Å²) in [6.07, 6.45) is 0. The lowest BCUT2D eigenvalue weighted by Crippen LogP contribution is -2.08. The molecule has 1 unspecified atom stereocenters. The summed E-state index contributed by atoms with van der Waals surface area (Å²) in [4.78, 5) is 10.7. The fourth-order valence-corrected chi connectivity index (χ4v) is 2.21. The molecule has 0 aliphatic heterocycles. The van der Waals surface area contributed by atoms with Crippen LogP contribution in [0.2, 0.25) is 5.02 Å². The molecular formula is C15H15ClN2O3. The molecule has 0 heterocycles. The van der Waals surface area contributed by atoms with E-state index in [-0.39, 0.29) is 11.7 Å². The Balaban J connectivity index is 2.31. The highest BCUT2D eigenvalue weighted by atomic mass is 35.5. The van der Waals surface area contributed by atoms with Crippen molar-refractivity contribution in [2.24, 2.45) is 0 Å². The molecule has 0 spiro atoms. The first-order valence-corrected chi connectivity index (χ1v) is 6.73. The van der Waals surface area contributed by atoms with Gasteiger partial charge in [-0.3, -0.25) is 10.1 Å². The Labute approximate surface area is 127 Å². The van der Waals surface area contributed by atoms with Crippen molar-refractivity contribution < 1.29 is 9.66 Å². The summed E-state index contributed by atoms with van der Waals surface area (Å²) in [6.45, 7) is 1.91. The van der Waals surface area contributed by atoms with Crippen LogP contribution in [0.25, 0.3) is 0 Å². The van der Waals surface area contributed by atoms with Crippen molar-refractivity contribution in [3.8, 4) is 5.75 Å². The number of ether oxygens (including phenoxy) is 1. The second kappa shape index (κ2) is 6.45. The minimum Gasteiger partial charge on any atom is -0.497 e. The van der Waals surface area contributed by atoms with Gasteiger partial charge in [0.1, 0.15) is 11.4 Å². The first kappa shape index (κ1) is 15.1. The topological polar surface area (TPSA) is 64.4 Å². The number of nitrogens with zero attached hydrogens (tertiary/aromatic N) is 1. The summed E-state index contributed by atoms with van der Waals surface area (Å²) >= 11 is 5.97. The van der Waals surface area contributed by atoms with Crippen molar-refractivity contribution in [2.45, 2.75) is 13.0 Å². The third-order valence-corrected chi connectivity index (χ3v) is 3.36. The normalized spacial score (nSPS) is 11.8. The average molecular weight is 307 g/mol. The van der Waals surface area contributed by atoms with Crippen LogP contribution in [0.5, 0.6) is 5.75 Å². The number of methoxy groups -OCH3 is 1. The van der Waals surface area contributed by atoms with Crippen LogP contribution in [0.15, 0.2) is 42.5 Å². The highest BCUT2D eigenvalue weighted by Gasteiger charge is 2.17. The van der Waals surface area contributed by atoms with Crippen LogP contribution in [-0.2, 0) is 0 Å². The molecule has 1 N–H and O–H groups in total. The molecule has 0 aromatic heterocycles. The van der Waals surface area contributed by atoms with E-state index in [1.165, 1.54) is 13.2 Å². The second-order valence-electron chi connectivity index (χ2n) is 4.56. The molecule has 2 rings (SSSR count). The summed E-state index contributed by atoms with van der Waals surface area (Å²) in [5, 5.41) is 14.9. The number of nitro groups is 1. The number of benzene rings is 2. The molecule has 6 heteroatoms. The zero-order valence-electron chi connectivity index (χ0n) is 11.7. The third kappa shape index (κ3) is 3.64. The summed E-state index contributed by atoms with van der Waals surface area (Å²) in [7, 11) is 1.52. The maximum Gasteiger partial charge on any atom is 0.292 e. The van der Waals surface area contributed by atoms with Gasteiger partial charge in [0.05, 0.1) is 12.0 Å². The van der Waals surface area contributed by atoms with Gasteiger partial charge in [-0.05, 0) is 30.7 Å². The standard InChI is InChI=1S/C15H15ClN2O3/c1-10(11-4-3-5-12(16)8-11)17-14-9-13(21-2)6-7-15(14)18(19)20/h3-10,17H,1-2H3. The number of anilines is 1. The molecule has 0 bridgehead atoms. The van der Waals surface area contributed by atoms with Crippen molar-refractivity contribution in [1.82, 2.24) is 0 Å². The lowest BCUT2D eigenvalue weighted by Gasteiger charge is -2.16. The van der Waals surface area contributed by atoms with E-state index in [2.05, 4.69) is 5.32 Å². The maximum atomic E-state index is 11.1. The lowest BCUT2D eigenvalue weighted by molar-refractivity contribution is -0.384. The molecule has 0 aliphatic carbocycles. The van der Waals surface area contributed by atoms with E-state index in [0.29, 0.717) is 16.5 Å². The second-order valence-corrected chi connectivity index (χ2v) is 5.00. The van der Waals surface area contributed by atoms with Crippen molar-refractivity contribution in [3.05, 3.63) is 63.2 Å². The van der Waals surface area contributed by atoms with Crippen molar-refractivity contribution in [3.63, 3.8) is 0 Å². The molecule has 0 saturated heterocycles. The van der Waals surface area contributed by atoms with Crippen LogP contribution in [0.4, 0.5) is 11.4 Å². The number of nitro benzene ring substituents is 1. The Morgan fingerprint density at radius 2 is 2.05 bits per heavy atom. The molecule has 110 valence electrons. The van der Waals surface area contributed by atoms with Gasteiger partial charge in [0.15, 0.2) is 0 Å². The van der Waals surface area contributed by atoms with Crippen LogP contribution < -0.4 is 10.1 Å². The molecular weight excluding hydrogens is 292 g/mol. The number of hydrogen-bond donors (Lipinski definition) is 1. The predicted molar refractivity (Wildman–Crippen MR) is 83.1 cm³/mol. The first-order valence-electron chi connectivity index (χ1n) is 6.35. The van der Waals surface area contributed by atoms with Gasteiger partial charge in [-0.1, -0.05) is 23.7 Å². The Hall–Kier alpha value is -2.27. The van der Waals surface area contributed by atoms with Crippen LogP contribution in [0, 0.1) is 10.1 Å². The maximum absolute atomic E-state index is 11.1. The largest absolute Gasteiger partial charge is 0.497 e. The minimum absolute atomic E-state index is 0.00433. The first-order chi connectivity index (χ1) is 10.0. The van der Waals surface area contributed by atoms with E-state index in [1.54, 1.807) is 18.2 Å². The summed E-state index contributed by atoms with van der Waals surface area (Å²) in [5.74, 6) is 0.557. The third-order valence-electron chi connectivity index (χ3n) is 3.12. The van der Waals surface area contributed by atoms with E-state index < -0.39 is 4.92 Å². The zero-order chi connectivity index (χ0) is 15.4. The van der Waals surface area contributed by atoms with Gasteiger partial charge in [-0.2, -0.15) is 0 Å². The van der Waals surface area contributed by atoms with E-state index >= 15 is 0 Å². The van der Waals surface area contributed by atoms with Gasteiger partial charge >= 0.3 is 0 Å². The fraction of sp³-hybridized carbons (Fsp3) is 0.200. The van der Waals surface area contributed by atoms with Crippen LogP contribution >= 0.6 is 11.6 Å². The van der Waals surface area contributed by atoms with Crippen molar-refractivity contribution >= 4 is 23.0 Å². The van der Waals surface area contributed by atoms with Gasteiger partial charge < -0.3 is 10.1 Å². The van der Waals surface area contributed by atoms with E-state index in [0.717, 1.165) is 5.56 Å². The summed E-state index contributed by atoms with van der Waals surface area (Å²) in [5.41, 5.74) is 1.36. The molecule has 0 amide bonds. The average Bonchev–Trinajstić information content (AvgIpc) is 2.46. The number of nitrogens with one attached hydrogen (secondary N) is 1. The van der Waals surface area contributed by atoms with Crippen molar-refractivity contribution in [2.75, 3.05) is 12.4 Å². The Bertz CT molecular complexity index is 661. The Morgan fingerprint density at radius 1 is 1.29 bits per heavy atom. The smallest absolute Gasteiger partial charge is 0.292 e. The Morgan fingerprint density at radius 3 is 2.67 bits per heavy atom. The fourth-order valence-electron chi connectivity index (χ4n) is 2.01. The number of halogens is 1. The number of rotatable bonds is 5. The van der Waals surface area contributed by atoms with E-state index in [4.69, 9.17) is 16.3 Å². The molecule has 0 fully saturated rings. The molecule has 1 atom stereocenters. The van der Waals surface area contributed by atoms with E-state index in [9.17, 15) is 10.1 Å². The molecule has 2 aromatic carbocycles. The summed E-state index contributed by atoms with van der Waals surface area (Å²) < 4.78 is 5.11. The minimum atomic E-state index is -0.424. The Kier molecular flexibility index (Phi) is 4.65. The van der Waals surface area contributed by atoms with Crippen LogP contribution in [0.1, 0.15) is 18.5 Å². The number of hydrogen-bond acceptors (Lipinski definition) is 4. The molecule has 0 aliphatic rings. The van der Waals surface area contributed by atoms with Gasteiger partial charge in [0.25, 0.3) is 5.69 Å². The molecule has 21 heavy (non-hydrogen) atoms. The molecule has 0 radical (unpaired) electrons. The van der Waals surface area contributed by atoms with E-state index in [1.807, 2.05) is 25.1 Å². The highest BCUT2D eigenvalue weighted by Crippen LogP contribution is 2.32. The molecule has 2 aromatic rings. The van der Waals surface area contributed by atoms with Gasteiger partial charge in [-0.25, -0.2) is 0 Å². The zero-order valence-corrected chi connectivity index (χ0v) is 12.4. The van der Waals surface area contributed by atoms with Crippen molar-refractivity contribution in [1.29, 1.82) is 0 Å². The van der Waals surface area contributed by atoms with Gasteiger partial charge in [0.2, 0.25) is 0 Å². The molecule has 5 nitrogen and oxygen atoms in total. The van der Waals surface area contributed by atoms with Crippen LogP contribution in [-0.4, -0.2) is 12.0 Å². The predicted octanol–water partition coefficient (Wildman–Crippen LogP) is 4.43. The van der Waals surface area contributed by atoms with Gasteiger partial charge in [-0.15, -0.1) is 0 Å².